The van der Waals surface area contributed by atoms with E-state index in [1.54, 1.807) is 0 Å². The maximum Gasteiger partial charge on any atom is 0.434 e. The Kier molecular flexibility index (Phi) is 4.00. The van der Waals surface area contributed by atoms with Crippen molar-refractivity contribution < 1.29 is 43.9 Å². The van der Waals surface area contributed by atoms with Gasteiger partial charge in [-0.2, -0.15) is 39.5 Å². The van der Waals surface area contributed by atoms with Crippen LogP contribution in [0.3, 0.4) is 0 Å². The zero-order valence-corrected chi connectivity index (χ0v) is 8.96. The average molecular weight is 316 g/mol. The van der Waals surface area contributed by atoms with Crippen molar-refractivity contribution in [2.75, 3.05) is 0 Å². The molecule has 0 nitrogen and oxygen atoms in total. The first-order chi connectivity index (χ1) is 7.00. The highest BCUT2D eigenvalue weighted by Gasteiger charge is 2.85. The molecular formula is C5H2F10S2. The van der Waals surface area contributed by atoms with Gasteiger partial charge in [0.05, 0.1) is 0 Å². The number of hydrogen-bond acceptors (Lipinski definition) is 2. The normalized spacial score (nSPS) is 19.1. The van der Waals surface area contributed by atoms with Crippen LogP contribution in [0.2, 0.25) is 0 Å². The number of halogens is 10. The summed E-state index contributed by atoms with van der Waals surface area (Å²) in [5.74, 6) is 0. The molecule has 0 aliphatic heterocycles. The molecule has 0 aromatic rings. The van der Waals surface area contributed by atoms with Crippen LogP contribution in [0.4, 0.5) is 43.9 Å². The summed E-state index contributed by atoms with van der Waals surface area (Å²) >= 11 is 3.66. The van der Waals surface area contributed by atoms with Gasteiger partial charge in [-0.1, -0.05) is 0 Å². The van der Waals surface area contributed by atoms with Crippen LogP contribution in [-0.4, -0.2) is 28.3 Å². The summed E-state index contributed by atoms with van der Waals surface area (Å²) in [5.41, 5.74) is 0. The fourth-order valence-electron chi connectivity index (χ4n) is 0.741. The molecule has 0 rings (SSSR count). The largest absolute Gasteiger partial charge is 0.434 e. The standard InChI is InChI=1S/C5H2F10S2/c6-2(17,5(13,14)15)1(16,3(7,8)9)4(10,11)12/h16-17H. The van der Waals surface area contributed by atoms with Gasteiger partial charge in [-0.15, -0.1) is 25.3 Å². The zero-order valence-electron chi connectivity index (χ0n) is 7.17. The summed E-state index contributed by atoms with van der Waals surface area (Å²) in [6, 6.07) is 0. The van der Waals surface area contributed by atoms with Crippen LogP contribution < -0.4 is 0 Å². The Balaban J connectivity index is 6.04. The van der Waals surface area contributed by atoms with Gasteiger partial charge in [-0.25, -0.2) is 4.39 Å². The third kappa shape index (κ3) is 2.42. The molecule has 0 radical (unpaired) electrons. The quantitative estimate of drug-likeness (QED) is 0.531. The molecule has 0 aliphatic carbocycles. The lowest BCUT2D eigenvalue weighted by Crippen LogP contribution is -2.68. The number of rotatable bonds is 1. The second kappa shape index (κ2) is 4.00. The highest BCUT2D eigenvalue weighted by Crippen LogP contribution is 2.61. The first kappa shape index (κ1) is 17.0. The topological polar surface area (TPSA) is 0 Å². The van der Waals surface area contributed by atoms with Crippen molar-refractivity contribution in [3.05, 3.63) is 0 Å². The lowest BCUT2D eigenvalue weighted by atomic mass is 9.99. The van der Waals surface area contributed by atoms with E-state index in [0.717, 1.165) is 0 Å². The van der Waals surface area contributed by atoms with E-state index in [1.165, 1.54) is 0 Å². The van der Waals surface area contributed by atoms with E-state index in [9.17, 15) is 43.9 Å². The van der Waals surface area contributed by atoms with Crippen LogP contribution in [-0.2, 0) is 0 Å². The predicted octanol–water partition coefficient (Wildman–Crippen LogP) is 3.94. The maximum atomic E-state index is 12.9. The number of hydrogen-bond donors (Lipinski definition) is 2. The van der Waals surface area contributed by atoms with Gasteiger partial charge < -0.3 is 0 Å². The SMILES string of the molecule is FC(F)(F)C(F)(S)C(S)(C(F)(F)F)C(F)(F)F. The van der Waals surface area contributed by atoms with Crippen molar-refractivity contribution in [1.82, 2.24) is 0 Å². The Morgan fingerprint density at radius 3 is 0.765 bits per heavy atom. The Bertz CT molecular complexity index is 269. The Hall–Kier alpha value is -0.000000000000000111. The van der Waals surface area contributed by atoms with Gasteiger partial charge in [0.2, 0.25) is 0 Å². The van der Waals surface area contributed by atoms with Crippen molar-refractivity contribution in [2.24, 2.45) is 0 Å². The molecule has 12 heteroatoms. The summed E-state index contributed by atoms with van der Waals surface area (Å²) in [6.45, 7) is 0. The average Bonchev–Trinajstić information content (AvgIpc) is 1.95. The van der Waals surface area contributed by atoms with E-state index in [2.05, 4.69) is 0 Å². The van der Waals surface area contributed by atoms with Crippen molar-refractivity contribution in [3.8, 4) is 0 Å². The minimum absolute atomic E-state index is 1.83. The van der Waals surface area contributed by atoms with Crippen LogP contribution in [0.15, 0.2) is 0 Å². The van der Waals surface area contributed by atoms with Crippen LogP contribution in [0.5, 0.6) is 0 Å². The molecule has 0 amide bonds. The molecule has 0 bridgehead atoms. The molecule has 1 atom stereocenters. The van der Waals surface area contributed by atoms with Crippen LogP contribution in [0.25, 0.3) is 0 Å². The molecular weight excluding hydrogens is 314 g/mol. The molecule has 17 heavy (non-hydrogen) atoms. The van der Waals surface area contributed by atoms with Gasteiger partial charge in [0.1, 0.15) is 0 Å². The number of alkyl halides is 10. The second-order valence-corrected chi connectivity index (χ2v) is 4.11. The Morgan fingerprint density at radius 1 is 0.471 bits per heavy atom. The predicted molar refractivity (Wildman–Crippen MR) is 42.7 cm³/mol. The van der Waals surface area contributed by atoms with Gasteiger partial charge in [0.15, 0.2) is 0 Å². The van der Waals surface area contributed by atoms with Gasteiger partial charge >= 0.3 is 18.5 Å². The third-order valence-corrected chi connectivity index (χ3v) is 3.26. The summed E-state index contributed by atoms with van der Waals surface area (Å²) in [7, 11) is 0. The van der Waals surface area contributed by atoms with Crippen LogP contribution in [0.1, 0.15) is 0 Å². The maximum absolute atomic E-state index is 12.9. The highest BCUT2D eigenvalue weighted by molar-refractivity contribution is 7.86. The van der Waals surface area contributed by atoms with E-state index in [-0.39, 0.29) is 0 Å². The smallest absolute Gasteiger partial charge is 0.220 e. The highest BCUT2D eigenvalue weighted by atomic mass is 32.1. The van der Waals surface area contributed by atoms with E-state index in [4.69, 9.17) is 0 Å². The molecule has 0 aromatic heterocycles. The molecule has 0 aliphatic rings. The minimum Gasteiger partial charge on any atom is -0.220 e. The molecule has 0 spiro atoms. The lowest BCUT2D eigenvalue weighted by molar-refractivity contribution is -0.322. The second-order valence-electron chi connectivity index (χ2n) is 2.83. The summed E-state index contributed by atoms with van der Waals surface area (Å²) < 4.78 is 115. The van der Waals surface area contributed by atoms with E-state index in [1.807, 2.05) is 25.3 Å². The van der Waals surface area contributed by atoms with Crippen molar-refractivity contribution in [1.29, 1.82) is 0 Å². The van der Waals surface area contributed by atoms with E-state index >= 15 is 0 Å². The summed E-state index contributed by atoms with van der Waals surface area (Å²) in [6.07, 6.45) is -19.8. The Labute approximate surface area is 98.2 Å². The van der Waals surface area contributed by atoms with Crippen molar-refractivity contribution in [3.63, 3.8) is 0 Å². The lowest BCUT2D eigenvalue weighted by Gasteiger charge is -2.41. The first-order valence-corrected chi connectivity index (χ1v) is 4.23. The summed E-state index contributed by atoms with van der Waals surface area (Å²) in [5, 5.41) is -5.93. The fourth-order valence-corrected chi connectivity index (χ4v) is 1.12. The van der Waals surface area contributed by atoms with Crippen molar-refractivity contribution >= 4 is 25.3 Å². The molecule has 0 saturated heterocycles. The van der Waals surface area contributed by atoms with E-state index < -0.39 is 28.3 Å². The van der Waals surface area contributed by atoms with E-state index in [0.29, 0.717) is 0 Å². The van der Waals surface area contributed by atoms with Crippen molar-refractivity contribution in [2.45, 2.75) is 28.3 Å². The zero-order chi connectivity index (χ0) is 14.5. The van der Waals surface area contributed by atoms with Crippen LogP contribution in [0, 0.1) is 0 Å². The molecule has 0 aromatic carbocycles. The minimum atomic E-state index is -6.65. The van der Waals surface area contributed by atoms with Gasteiger partial charge in [-0.05, 0) is 0 Å². The van der Waals surface area contributed by atoms with Gasteiger partial charge in [-0.3, -0.25) is 0 Å². The molecule has 0 N–H and O–H groups in total. The summed E-state index contributed by atoms with van der Waals surface area (Å²) in [4.78, 5) is 0. The van der Waals surface area contributed by atoms with Gasteiger partial charge in [0.25, 0.3) is 9.75 Å². The molecule has 0 saturated carbocycles. The Morgan fingerprint density at radius 2 is 0.706 bits per heavy atom. The molecule has 0 fully saturated rings. The van der Waals surface area contributed by atoms with Gasteiger partial charge in [0, 0.05) is 0 Å². The molecule has 104 valence electrons. The van der Waals surface area contributed by atoms with Crippen LogP contribution >= 0.6 is 25.3 Å². The first-order valence-electron chi connectivity index (χ1n) is 3.34. The monoisotopic (exact) mass is 316 g/mol. The third-order valence-electron chi connectivity index (χ3n) is 1.68. The fraction of sp³-hybridized carbons (Fsp3) is 1.00. The number of thiol groups is 2. The molecule has 1 unspecified atom stereocenters. The molecule has 0 heterocycles.